The van der Waals surface area contributed by atoms with Crippen LogP contribution in [0, 0.1) is 0 Å². The van der Waals surface area contributed by atoms with Crippen LogP contribution in [0.4, 0.5) is 0 Å². The molecule has 0 radical (unpaired) electrons. The van der Waals surface area contributed by atoms with Gasteiger partial charge in [0.25, 0.3) is 5.56 Å². The number of likely N-dealkylation sites (N-methyl/N-ethyl adjacent to an activating group) is 1. The standard InChI is InChI=1S/C21H20N2O5/c1-23-9-19-8-20(14-5-11(24)2-3-13(14)19)7-15-10(6-21(20,28)18(19)23)4-12(17(26)27)16(25)22-15/h2-5,18,24,28H,6-9H2,1H3,(H,22,25)(H,26,27)/t18-,19?,20?,21-/m1/s1. The number of carbonyl (C=O) groups is 1. The summed E-state index contributed by atoms with van der Waals surface area (Å²) in [5.74, 6) is -1.10. The van der Waals surface area contributed by atoms with Crippen LogP contribution in [0.15, 0.2) is 29.1 Å². The number of aliphatic hydroxyl groups is 1. The van der Waals surface area contributed by atoms with Gasteiger partial charge in [-0.05, 0) is 48.4 Å². The zero-order chi connectivity index (χ0) is 19.6. The number of H-pyrrole nitrogens is 1. The topological polar surface area (TPSA) is 114 Å². The van der Waals surface area contributed by atoms with Crippen molar-refractivity contribution in [1.82, 2.24) is 9.88 Å². The maximum absolute atomic E-state index is 12.3. The number of benzene rings is 1. The number of aromatic amines is 1. The van der Waals surface area contributed by atoms with E-state index >= 15 is 0 Å². The van der Waals surface area contributed by atoms with Crippen LogP contribution in [0.1, 0.15) is 39.2 Å². The van der Waals surface area contributed by atoms with Crippen molar-refractivity contribution >= 4 is 5.97 Å². The number of aromatic carboxylic acids is 1. The van der Waals surface area contributed by atoms with Gasteiger partial charge in [0.15, 0.2) is 0 Å². The molecule has 144 valence electrons. The Hall–Kier alpha value is -2.64. The first-order chi connectivity index (χ1) is 13.2. The molecule has 4 N–H and O–H groups in total. The Bertz CT molecular complexity index is 1160. The summed E-state index contributed by atoms with van der Waals surface area (Å²) in [5, 5.41) is 31.5. The quantitative estimate of drug-likeness (QED) is 0.574. The number of hydrogen-bond donors (Lipinski definition) is 4. The van der Waals surface area contributed by atoms with Gasteiger partial charge in [-0.25, -0.2) is 4.79 Å². The van der Waals surface area contributed by atoms with Crippen molar-refractivity contribution in [3.05, 3.63) is 62.6 Å². The molecule has 4 aliphatic rings. The Morgan fingerprint density at radius 2 is 2.04 bits per heavy atom. The van der Waals surface area contributed by atoms with Crippen LogP contribution in [0.5, 0.6) is 5.75 Å². The lowest BCUT2D eigenvalue weighted by Gasteiger charge is -2.61. The lowest BCUT2D eigenvalue weighted by atomic mass is 9.55. The van der Waals surface area contributed by atoms with Gasteiger partial charge in [-0.3, -0.25) is 9.69 Å². The van der Waals surface area contributed by atoms with Gasteiger partial charge in [-0.1, -0.05) is 6.07 Å². The molecule has 1 saturated heterocycles. The number of nitrogens with one attached hydrogen (secondary N) is 1. The summed E-state index contributed by atoms with van der Waals surface area (Å²) in [7, 11) is 2.01. The van der Waals surface area contributed by atoms with Crippen LogP contribution in [0.2, 0.25) is 0 Å². The van der Waals surface area contributed by atoms with Crippen LogP contribution in [-0.2, 0) is 23.7 Å². The third-order valence-electron chi connectivity index (χ3n) is 7.83. The third kappa shape index (κ3) is 1.50. The molecule has 2 bridgehead atoms. The van der Waals surface area contributed by atoms with Crippen molar-refractivity contribution in [2.45, 2.75) is 41.7 Å². The number of fused-ring (bicyclic) bond motifs is 3. The predicted molar refractivity (Wildman–Crippen MR) is 98.9 cm³/mol. The summed E-state index contributed by atoms with van der Waals surface area (Å²) in [6, 6.07) is 6.80. The smallest absolute Gasteiger partial charge is 0.341 e. The molecular weight excluding hydrogens is 360 g/mol. The highest BCUT2D eigenvalue weighted by atomic mass is 16.4. The Balaban J connectivity index is 1.62. The normalized spacial score (nSPS) is 36.9. The molecule has 6 rings (SSSR count). The summed E-state index contributed by atoms with van der Waals surface area (Å²) >= 11 is 0. The number of phenols is 1. The fourth-order valence-corrected chi connectivity index (χ4v) is 7.13. The maximum Gasteiger partial charge on any atom is 0.341 e. The summed E-state index contributed by atoms with van der Waals surface area (Å²) < 4.78 is 0. The molecule has 7 heteroatoms. The average Bonchev–Trinajstić information content (AvgIpc) is 2.97. The maximum atomic E-state index is 12.3. The number of nitrogens with zero attached hydrogens (tertiary/aromatic N) is 1. The second-order valence-electron chi connectivity index (χ2n) is 9.06. The van der Waals surface area contributed by atoms with Gasteiger partial charge in [-0.2, -0.15) is 0 Å². The van der Waals surface area contributed by atoms with Crippen LogP contribution in [0.3, 0.4) is 0 Å². The summed E-state index contributed by atoms with van der Waals surface area (Å²) in [6.07, 6.45) is 1.48. The van der Waals surface area contributed by atoms with Crippen LogP contribution in [0.25, 0.3) is 0 Å². The number of rotatable bonds is 1. The number of aromatic nitrogens is 1. The number of aromatic hydroxyl groups is 1. The third-order valence-corrected chi connectivity index (χ3v) is 7.83. The lowest BCUT2D eigenvalue weighted by molar-refractivity contribution is -0.126. The molecule has 28 heavy (non-hydrogen) atoms. The Kier molecular flexibility index (Phi) is 2.62. The summed E-state index contributed by atoms with van der Waals surface area (Å²) in [4.78, 5) is 28.6. The lowest BCUT2D eigenvalue weighted by Crippen LogP contribution is -2.74. The molecule has 4 atom stereocenters. The molecule has 2 spiro atoms. The van der Waals surface area contributed by atoms with Crippen LogP contribution >= 0.6 is 0 Å². The van der Waals surface area contributed by atoms with E-state index in [0.29, 0.717) is 17.7 Å². The number of carboxylic acid groups (broad SMARTS) is 1. The van der Waals surface area contributed by atoms with E-state index in [9.17, 15) is 24.9 Å². The van der Waals surface area contributed by atoms with Crippen molar-refractivity contribution in [2.24, 2.45) is 0 Å². The molecule has 2 fully saturated rings. The van der Waals surface area contributed by atoms with Crippen molar-refractivity contribution in [2.75, 3.05) is 13.6 Å². The number of hydrogen-bond acceptors (Lipinski definition) is 5. The van der Waals surface area contributed by atoms with Crippen LogP contribution < -0.4 is 5.56 Å². The van der Waals surface area contributed by atoms with Crippen molar-refractivity contribution < 1.29 is 20.1 Å². The monoisotopic (exact) mass is 380 g/mol. The molecule has 1 aliphatic heterocycles. The molecule has 2 heterocycles. The summed E-state index contributed by atoms with van der Waals surface area (Å²) in [5.41, 5.74) is 0.777. The highest BCUT2D eigenvalue weighted by Crippen LogP contribution is 2.72. The van der Waals surface area contributed by atoms with Crippen molar-refractivity contribution in [3.63, 3.8) is 0 Å². The molecular formula is C21H20N2O5. The van der Waals surface area contributed by atoms with E-state index in [1.165, 1.54) is 11.6 Å². The minimum absolute atomic E-state index is 0.0644. The number of likely N-dealkylation sites (tertiary alicyclic amines) is 1. The van der Waals surface area contributed by atoms with E-state index in [-0.39, 0.29) is 29.2 Å². The number of phenolic OH excluding ortho intramolecular Hbond substituents is 1. The minimum Gasteiger partial charge on any atom is -0.508 e. The first-order valence-corrected chi connectivity index (χ1v) is 9.47. The van der Waals surface area contributed by atoms with Gasteiger partial charge in [0, 0.05) is 35.9 Å². The highest BCUT2D eigenvalue weighted by Gasteiger charge is 2.80. The Labute approximate surface area is 160 Å². The fourth-order valence-electron chi connectivity index (χ4n) is 7.13. The van der Waals surface area contributed by atoms with Gasteiger partial charge < -0.3 is 20.3 Å². The first kappa shape index (κ1) is 16.3. The fraction of sp³-hybridized carbons (Fsp3) is 0.429. The molecule has 0 amide bonds. The second kappa shape index (κ2) is 4.50. The van der Waals surface area contributed by atoms with E-state index in [1.54, 1.807) is 12.1 Å². The Morgan fingerprint density at radius 3 is 2.75 bits per heavy atom. The Morgan fingerprint density at radius 1 is 1.25 bits per heavy atom. The number of pyridine rings is 1. The van der Waals surface area contributed by atoms with Gasteiger partial charge in [0.05, 0.1) is 11.6 Å². The van der Waals surface area contributed by atoms with Gasteiger partial charge >= 0.3 is 5.97 Å². The molecule has 3 aliphatic carbocycles. The van der Waals surface area contributed by atoms with E-state index in [0.717, 1.165) is 18.5 Å². The van der Waals surface area contributed by atoms with E-state index < -0.39 is 22.5 Å². The SMILES string of the molecule is CN1CC23CC4(Cc5[nH]c(=O)c(C(=O)O)cc5C[C@@]4(O)[C@H]12)c1cc(O)ccc13. The van der Waals surface area contributed by atoms with Crippen LogP contribution in [-0.4, -0.2) is 56.4 Å². The summed E-state index contributed by atoms with van der Waals surface area (Å²) in [6.45, 7) is 0.840. The van der Waals surface area contributed by atoms with Gasteiger partial charge in [-0.15, -0.1) is 0 Å². The molecule has 2 unspecified atom stereocenters. The average molecular weight is 380 g/mol. The zero-order valence-electron chi connectivity index (χ0n) is 15.3. The molecule has 1 saturated carbocycles. The van der Waals surface area contributed by atoms with Crippen molar-refractivity contribution in [1.29, 1.82) is 0 Å². The van der Waals surface area contributed by atoms with Gasteiger partial charge in [0.2, 0.25) is 0 Å². The number of carboxylic acids is 1. The molecule has 1 aromatic carbocycles. The molecule has 2 aromatic rings. The van der Waals surface area contributed by atoms with Gasteiger partial charge in [0.1, 0.15) is 11.3 Å². The minimum atomic E-state index is -1.27. The van der Waals surface area contributed by atoms with E-state index in [2.05, 4.69) is 9.88 Å². The van der Waals surface area contributed by atoms with E-state index in [1.807, 2.05) is 13.1 Å². The highest BCUT2D eigenvalue weighted by molar-refractivity contribution is 5.87. The van der Waals surface area contributed by atoms with Crippen molar-refractivity contribution in [3.8, 4) is 5.75 Å². The second-order valence-corrected chi connectivity index (χ2v) is 9.06. The largest absolute Gasteiger partial charge is 0.508 e. The molecule has 7 nitrogen and oxygen atoms in total. The predicted octanol–water partition coefficient (Wildman–Crippen LogP) is 0.515. The zero-order valence-corrected chi connectivity index (χ0v) is 15.3. The van der Waals surface area contributed by atoms with E-state index in [4.69, 9.17) is 0 Å². The first-order valence-electron chi connectivity index (χ1n) is 9.47. The molecule has 1 aromatic heterocycles.